The van der Waals surface area contributed by atoms with Crippen LogP contribution in [0.5, 0.6) is 0 Å². The fourth-order valence-electron chi connectivity index (χ4n) is 1.64. The molecule has 0 amide bonds. The molecule has 0 spiro atoms. The molecule has 3 heteroatoms. The zero-order valence-corrected chi connectivity index (χ0v) is 9.14. The Balaban J connectivity index is 2.01. The molecule has 1 aromatic rings. The topological polar surface area (TPSA) is 21.3 Å². The van der Waals surface area contributed by atoms with Crippen LogP contribution >= 0.6 is 0 Å². The maximum Gasteiger partial charge on any atom is 0.146 e. The molecule has 0 bridgehead atoms. The van der Waals surface area contributed by atoms with Crippen LogP contribution in [0, 0.1) is 18.2 Å². The quantitative estimate of drug-likeness (QED) is 0.826. The van der Waals surface area contributed by atoms with E-state index >= 15 is 0 Å². The lowest BCUT2D eigenvalue weighted by atomic mass is 9.88. The highest BCUT2D eigenvalue weighted by molar-refractivity contribution is 5.47. The van der Waals surface area contributed by atoms with E-state index in [4.69, 9.17) is 4.74 Å². The summed E-state index contributed by atoms with van der Waals surface area (Å²) in [5.41, 5.74) is 1.81. The average molecular weight is 209 g/mol. The van der Waals surface area contributed by atoms with Gasteiger partial charge in [0.2, 0.25) is 0 Å². The Kier molecular flexibility index (Phi) is 2.65. The highest BCUT2D eigenvalue weighted by atomic mass is 19.1. The largest absolute Gasteiger partial charge is 0.382 e. The Morgan fingerprint density at radius 3 is 2.80 bits per heavy atom. The lowest BCUT2D eigenvalue weighted by Crippen LogP contribution is -2.45. The van der Waals surface area contributed by atoms with Gasteiger partial charge in [0.25, 0.3) is 0 Å². The van der Waals surface area contributed by atoms with Gasteiger partial charge in [-0.25, -0.2) is 4.39 Å². The van der Waals surface area contributed by atoms with Gasteiger partial charge in [0.15, 0.2) is 0 Å². The molecule has 1 fully saturated rings. The number of benzene rings is 1. The molecule has 1 saturated heterocycles. The van der Waals surface area contributed by atoms with E-state index in [-0.39, 0.29) is 11.2 Å². The highest BCUT2D eigenvalue weighted by Gasteiger charge is 2.33. The van der Waals surface area contributed by atoms with E-state index in [1.54, 1.807) is 6.07 Å². The van der Waals surface area contributed by atoms with Gasteiger partial charge >= 0.3 is 0 Å². The molecule has 15 heavy (non-hydrogen) atoms. The third-order valence-corrected chi connectivity index (χ3v) is 2.73. The third kappa shape index (κ3) is 2.29. The summed E-state index contributed by atoms with van der Waals surface area (Å²) in [5, 5.41) is 3.14. The molecular formula is C12H16FNO. The van der Waals surface area contributed by atoms with Crippen LogP contribution in [0.15, 0.2) is 18.2 Å². The summed E-state index contributed by atoms with van der Waals surface area (Å²) >= 11 is 0. The number of aryl methyl sites for hydroxylation is 1. The van der Waals surface area contributed by atoms with Gasteiger partial charge in [-0.05, 0) is 24.6 Å². The van der Waals surface area contributed by atoms with E-state index in [0.717, 1.165) is 25.3 Å². The molecule has 1 aliphatic rings. The summed E-state index contributed by atoms with van der Waals surface area (Å²) in [6, 6.07) is 5.10. The molecule has 2 nitrogen and oxygen atoms in total. The van der Waals surface area contributed by atoms with Gasteiger partial charge in [0.1, 0.15) is 5.82 Å². The molecular weight excluding hydrogens is 193 g/mol. The minimum atomic E-state index is -0.190. The predicted molar refractivity (Wildman–Crippen MR) is 58.6 cm³/mol. The first kappa shape index (κ1) is 10.4. The second-order valence-corrected chi connectivity index (χ2v) is 4.64. The van der Waals surface area contributed by atoms with E-state index < -0.39 is 0 Å². The van der Waals surface area contributed by atoms with Gasteiger partial charge in [0.05, 0.1) is 18.9 Å². The van der Waals surface area contributed by atoms with Crippen LogP contribution in [0.1, 0.15) is 12.5 Å². The van der Waals surface area contributed by atoms with Crippen molar-refractivity contribution in [2.45, 2.75) is 13.8 Å². The Morgan fingerprint density at radius 2 is 2.20 bits per heavy atom. The summed E-state index contributed by atoms with van der Waals surface area (Å²) in [7, 11) is 0. The predicted octanol–water partition coefficient (Wildman–Crippen LogP) is 2.58. The number of hydrogen-bond acceptors (Lipinski definition) is 2. The van der Waals surface area contributed by atoms with Crippen LogP contribution in [0.4, 0.5) is 10.1 Å². The van der Waals surface area contributed by atoms with Crippen molar-refractivity contribution in [3.05, 3.63) is 29.6 Å². The maximum absolute atomic E-state index is 13.4. The summed E-state index contributed by atoms with van der Waals surface area (Å²) in [4.78, 5) is 0. The van der Waals surface area contributed by atoms with Gasteiger partial charge in [-0.15, -0.1) is 0 Å². The van der Waals surface area contributed by atoms with Crippen molar-refractivity contribution in [3.8, 4) is 0 Å². The first-order chi connectivity index (χ1) is 7.09. The number of nitrogens with one attached hydrogen (secondary N) is 1. The van der Waals surface area contributed by atoms with Gasteiger partial charge in [-0.2, -0.15) is 0 Å². The second kappa shape index (κ2) is 3.81. The van der Waals surface area contributed by atoms with Crippen molar-refractivity contribution in [3.63, 3.8) is 0 Å². The molecule has 1 heterocycles. The van der Waals surface area contributed by atoms with Crippen LogP contribution in [-0.2, 0) is 4.74 Å². The van der Waals surface area contributed by atoms with Crippen LogP contribution in [0.3, 0.4) is 0 Å². The van der Waals surface area contributed by atoms with E-state index in [9.17, 15) is 4.39 Å². The van der Waals surface area contributed by atoms with Gasteiger partial charge in [-0.1, -0.05) is 13.0 Å². The zero-order chi connectivity index (χ0) is 10.9. The molecule has 0 aromatic heterocycles. The monoisotopic (exact) mass is 209 g/mol. The first-order valence-electron chi connectivity index (χ1n) is 5.17. The van der Waals surface area contributed by atoms with Gasteiger partial charge in [0, 0.05) is 12.0 Å². The van der Waals surface area contributed by atoms with Crippen molar-refractivity contribution in [2.24, 2.45) is 5.41 Å². The van der Waals surface area contributed by atoms with Crippen LogP contribution in [0.25, 0.3) is 0 Å². The molecule has 0 atom stereocenters. The van der Waals surface area contributed by atoms with E-state index in [1.807, 2.05) is 13.0 Å². The molecule has 1 N–H and O–H groups in total. The minimum Gasteiger partial charge on any atom is -0.382 e. The van der Waals surface area contributed by atoms with Gasteiger partial charge in [-0.3, -0.25) is 0 Å². The summed E-state index contributed by atoms with van der Waals surface area (Å²) in [6.45, 7) is 6.37. The number of anilines is 1. The summed E-state index contributed by atoms with van der Waals surface area (Å²) < 4.78 is 18.5. The standard InChI is InChI=1S/C12H16FNO/c1-9-3-4-10(13)11(5-9)14-6-12(2)7-15-8-12/h3-5,14H,6-8H2,1-2H3. The number of hydrogen-bond donors (Lipinski definition) is 1. The van der Waals surface area contributed by atoms with E-state index in [2.05, 4.69) is 12.2 Å². The minimum absolute atomic E-state index is 0.163. The highest BCUT2D eigenvalue weighted by Crippen LogP contribution is 2.27. The van der Waals surface area contributed by atoms with Crippen LogP contribution < -0.4 is 5.32 Å². The van der Waals surface area contributed by atoms with Crippen molar-refractivity contribution < 1.29 is 9.13 Å². The van der Waals surface area contributed by atoms with Crippen molar-refractivity contribution in [2.75, 3.05) is 25.1 Å². The Bertz CT molecular complexity index is 361. The van der Waals surface area contributed by atoms with Crippen molar-refractivity contribution in [1.82, 2.24) is 0 Å². The summed E-state index contributed by atoms with van der Waals surface area (Å²) in [6.07, 6.45) is 0. The molecule has 2 rings (SSSR count). The Labute approximate surface area is 89.4 Å². The van der Waals surface area contributed by atoms with Crippen molar-refractivity contribution >= 4 is 5.69 Å². The molecule has 1 aromatic carbocycles. The van der Waals surface area contributed by atoms with Crippen LogP contribution in [-0.4, -0.2) is 19.8 Å². The molecule has 0 aliphatic carbocycles. The average Bonchev–Trinajstić information content (AvgIpc) is 2.17. The zero-order valence-electron chi connectivity index (χ0n) is 9.14. The number of rotatable bonds is 3. The number of halogens is 1. The van der Waals surface area contributed by atoms with E-state index in [0.29, 0.717) is 5.69 Å². The van der Waals surface area contributed by atoms with Gasteiger partial charge < -0.3 is 10.1 Å². The lowest BCUT2D eigenvalue weighted by Gasteiger charge is -2.38. The smallest absolute Gasteiger partial charge is 0.146 e. The molecule has 82 valence electrons. The molecule has 0 saturated carbocycles. The molecule has 0 radical (unpaired) electrons. The number of ether oxygens (including phenoxy) is 1. The first-order valence-corrected chi connectivity index (χ1v) is 5.17. The summed E-state index contributed by atoms with van der Waals surface area (Å²) in [5.74, 6) is -0.190. The third-order valence-electron chi connectivity index (χ3n) is 2.73. The molecule has 0 unspecified atom stereocenters. The van der Waals surface area contributed by atoms with E-state index in [1.165, 1.54) is 6.07 Å². The Hall–Kier alpha value is -1.09. The maximum atomic E-state index is 13.4. The molecule has 1 aliphatic heterocycles. The SMILES string of the molecule is Cc1ccc(F)c(NCC2(C)COC2)c1. The second-order valence-electron chi connectivity index (χ2n) is 4.64. The van der Waals surface area contributed by atoms with Crippen LogP contribution in [0.2, 0.25) is 0 Å². The van der Waals surface area contributed by atoms with Crippen molar-refractivity contribution in [1.29, 1.82) is 0 Å². The normalized spacial score (nSPS) is 18.3. The fourth-order valence-corrected chi connectivity index (χ4v) is 1.64. The lowest BCUT2D eigenvalue weighted by molar-refractivity contribution is -0.0924. The fraction of sp³-hybridized carbons (Fsp3) is 0.500. The Morgan fingerprint density at radius 1 is 1.47 bits per heavy atom.